The first kappa shape index (κ1) is 27.2. The molecule has 5 rings (SSSR count). The smallest absolute Gasteiger partial charge is 0.322 e. The van der Waals surface area contributed by atoms with E-state index in [1.807, 2.05) is 25.1 Å². The predicted octanol–water partition coefficient (Wildman–Crippen LogP) is 2.87. The molecule has 208 valence electrons. The number of fused-ring (bicyclic) bond motifs is 1. The maximum absolute atomic E-state index is 13.5. The molecule has 1 aromatic heterocycles. The average molecular weight is 558 g/mol. The molecule has 0 amide bonds. The van der Waals surface area contributed by atoms with Crippen LogP contribution in [0.15, 0.2) is 53.6 Å². The molecule has 0 bridgehead atoms. The summed E-state index contributed by atoms with van der Waals surface area (Å²) in [7, 11) is -4.04. The molecule has 10 nitrogen and oxygen atoms in total. The highest BCUT2D eigenvalue weighted by atomic mass is 32.2. The van der Waals surface area contributed by atoms with Gasteiger partial charge in [0.25, 0.3) is 0 Å². The van der Waals surface area contributed by atoms with Gasteiger partial charge in [-0.3, -0.25) is 9.69 Å². The number of aryl methyl sites for hydroxylation is 1. The van der Waals surface area contributed by atoms with Gasteiger partial charge >= 0.3 is 5.97 Å². The molecule has 3 aromatic rings. The Morgan fingerprint density at radius 2 is 1.92 bits per heavy atom. The number of halogens is 1. The number of benzene rings is 2. The van der Waals surface area contributed by atoms with Gasteiger partial charge in [-0.1, -0.05) is 35.0 Å². The van der Waals surface area contributed by atoms with Crippen molar-refractivity contribution in [2.45, 2.75) is 62.3 Å². The van der Waals surface area contributed by atoms with Gasteiger partial charge in [0.1, 0.15) is 18.0 Å². The van der Waals surface area contributed by atoms with Crippen LogP contribution in [0.5, 0.6) is 5.75 Å². The molecule has 1 saturated heterocycles. The van der Waals surface area contributed by atoms with E-state index < -0.39 is 28.2 Å². The van der Waals surface area contributed by atoms with Gasteiger partial charge in [-0.05, 0) is 43.5 Å². The van der Waals surface area contributed by atoms with E-state index in [1.165, 1.54) is 12.1 Å². The zero-order valence-corrected chi connectivity index (χ0v) is 22.5. The fraction of sp³-hybridized carbons (Fsp3) is 0.444. The Balaban J connectivity index is 1.28. The van der Waals surface area contributed by atoms with Crippen LogP contribution in [0, 0.1) is 6.92 Å². The van der Waals surface area contributed by atoms with Crippen LogP contribution in [0.2, 0.25) is 0 Å². The summed E-state index contributed by atoms with van der Waals surface area (Å²) in [6.45, 7) is 4.53. The van der Waals surface area contributed by atoms with Gasteiger partial charge in [0.2, 0.25) is 10.0 Å². The number of carboxylic acids is 1. The van der Waals surface area contributed by atoms with Gasteiger partial charge in [0.15, 0.2) is 0 Å². The number of alkyl halides is 1. The van der Waals surface area contributed by atoms with Crippen LogP contribution in [0.3, 0.4) is 0 Å². The van der Waals surface area contributed by atoms with E-state index in [9.17, 15) is 22.7 Å². The number of nitrogens with zero attached hydrogens (tertiary/aromatic N) is 4. The number of hydrogen-bond acceptors (Lipinski definition) is 7. The summed E-state index contributed by atoms with van der Waals surface area (Å²) >= 11 is 0. The third-order valence-electron chi connectivity index (χ3n) is 7.23. The lowest BCUT2D eigenvalue weighted by Gasteiger charge is -2.30. The first-order chi connectivity index (χ1) is 18.7. The van der Waals surface area contributed by atoms with Crippen LogP contribution in [-0.2, 0) is 27.8 Å². The fourth-order valence-corrected chi connectivity index (χ4v) is 6.22. The standard InChI is InChI=1S/C27H32FN5O5S/c1-18-2-5-22(6-3-18)39(36,37)30-24(27(34)35)15-21-17-33(31-29-21)25-10-13-38-26-14-19(4-7-23(25)26)16-32-11-8-20(28)9-12-32/h2-7,14,17,20,24-25,30H,8-13,15-16H2,1H3,(H,34,35)/t24?,25-/m1/s1. The number of sulfonamides is 1. The van der Waals surface area contributed by atoms with Gasteiger partial charge in [0.05, 0.1) is 23.2 Å². The van der Waals surface area contributed by atoms with E-state index in [-0.39, 0.29) is 17.4 Å². The molecule has 2 aliphatic rings. The van der Waals surface area contributed by atoms with E-state index >= 15 is 0 Å². The zero-order valence-electron chi connectivity index (χ0n) is 21.7. The van der Waals surface area contributed by atoms with Crippen LogP contribution in [0.1, 0.15) is 47.7 Å². The van der Waals surface area contributed by atoms with Crippen LogP contribution < -0.4 is 9.46 Å². The number of nitrogens with one attached hydrogen (secondary N) is 1. The molecule has 12 heteroatoms. The molecule has 0 saturated carbocycles. The lowest BCUT2D eigenvalue weighted by atomic mass is 9.98. The average Bonchev–Trinajstić information content (AvgIpc) is 3.37. The summed E-state index contributed by atoms with van der Waals surface area (Å²) in [6, 6.07) is 10.7. The molecule has 0 aliphatic carbocycles. The quantitative estimate of drug-likeness (QED) is 0.411. The van der Waals surface area contributed by atoms with Gasteiger partial charge in [0, 0.05) is 44.2 Å². The maximum Gasteiger partial charge on any atom is 0.322 e. The third-order valence-corrected chi connectivity index (χ3v) is 8.71. The minimum Gasteiger partial charge on any atom is -0.493 e. The van der Waals surface area contributed by atoms with Crippen LogP contribution in [0.4, 0.5) is 4.39 Å². The Morgan fingerprint density at radius 3 is 2.64 bits per heavy atom. The van der Waals surface area contributed by atoms with Crippen molar-refractivity contribution in [3.8, 4) is 5.75 Å². The van der Waals surface area contributed by atoms with E-state index in [0.717, 1.165) is 42.1 Å². The molecular weight excluding hydrogens is 525 g/mol. The van der Waals surface area contributed by atoms with Crippen molar-refractivity contribution in [2.24, 2.45) is 0 Å². The molecule has 2 atom stereocenters. The Bertz CT molecular complexity index is 1420. The van der Waals surface area contributed by atoms with Crippen molar-refractivity contribution in [1.29, 1.82) is 0 Å². The summed E-state index contributed by atoms with van der Waals surface area (Å²) in [5, 5.41) is 18.1. The normalized spacial score (nSPS) is 19.3. The molecule has 1 unspecified atom stereocenters. The van der Waals surface area contributed by atoms with Crippen molar-refractivity contribution in [3.05, 3.63) is 71.0 Å². The van der Waals surface area contributed by atoms with E-state index in [2.05, 4.69) is 19.9 Å². The van der Waals surface area contributed by atoms with Gasteiger partial charge in [-0.15, -0.1) is 5.10 Å². The number of aliphatic carboxylic acids is 1. The number of aromatic nitrogens is 3. The van der Waals surface area contributed by atoms with Gasteiger partial charge < -0.3 is 9.84 Å². The highest BCUT2D eigenvalue weighted by Gasteiger charge is 2.29. The van der Waals surface area contributed by atoms with E-state index in [1.54, 1.807) is 23.0 Å². The summed E-state index contributed by atoms with van der Waals surface area (Å²) in [4.78, 5) is 14.1. The Morgan fingerprint density at radius 1 is 1.18 bits per heavy atom. The van der Waals surface area contributed by atoms with Crippen molar-refractivity contribution in [1.82, 2.24) is 24.6 Å². The Labute approximate surface area is 226 Å². The Kier molecular flexibility index (Phi) is 7.96. The van der Waals surface area contributed by atoms with Crippen molar-refractivity contribution < 1.29 is 27.4 Å². The number of likely N-dealkylation sites (tertiary alicyclic amines) is 1. The maximum atomic E-state index is 13.5. The summed E-state index contributed by atoms with van der Waals surface area (Å²) in [5.41, 5.74) is 3.29. The fourth-order valence-electron chi connectivity index (χ4n) is 5.03. The molecule has 1 fully saturated rings. The number of carboxylic acid groups (broad SMARTS) is 1. The van der Waals surface area contributed by atoms with Gasteiger partial charge in [-0.25, -0.2) is 17.5 Å². The molecule has 0 spiro atoms. The predicted molar refractivity (Wildman–Crippen MR) is 141 cm³/mol. The van der Waals surface area contributed by atoms with Gasteiger partial charge in [-0.2, -0.15) is 4.72 Å². The highest BCUT2D eigenvalue weighted by molar-refractivity contribution is 7.89. The number of ether oxygens (including phenoxy) is 1. The monoisotopic (exact) mass is 557 g/mol. The second-order valence-electron chi connectivity index (χ2n) is 10.2. The first-order valence-corrected chi connectivity index (χ1v) is 14.5. The molecule has 2 aliphatic heterocycles. The molecule has 0 radical (unpaired) electrons. The molecule has 2 aromatic carbocycles. The minimum atomic E-state index is -4.04. The van der Waals surface area contributed by atoms with Crippen LogP contribution >= 0.6 is 0 Å². The number of piperidine rings is 1. The Hall–Kier alpha value is -3.35. The topological polar surface area (TPSA) is 127 Å². The van der Waals surface area contributed by atoms with Crippen LogP contribution in [0.25, 0.3) is 0 Å². The van der Waals surface area contributed by atoms with Crippen LogP contribution in [-0.4, -0.2) is 71.3 Å². The van der Waals surface area contributed by atoms with Crippen molar-refractivity contribution >= 4 is 16.0 Å². The molecule has 39 heavy (non-hydrogen) atoms. The number of hydrogen-bond donors (Lipinski definition) is 2. The largest absolute Gasteiger partial charge is 0.493 e. The second kappa shape index (κ2) is 11.4. The number of carbonyl (C=O) groups is 1. The minimum absolute atomic E-state index is 0.00641. The van der Waals surface area contributed by atoms with Crippen molar-refractivity contribution in [3.63, 3.8) is 0 Å². The summed E-state index contributed by atoms with van der Waals surface area (Å²) in [6.07, 6.45) is 2.57. The lowest BCUT2D eigenvalue weighted by Crippen LogP contribution is -2.42. The highest BCUT2D eigenvalue weighted by Crippen LogP contribution is 2.35. The third kappa shape index (κ3) is 6.45. The SMILES string of the molecule is Cc1ccc(S(=O)(=O)NC(Cc2cn([C@@H]3CCOc4cc(CN5CCC(F)CC5)ccc43)nn2)C(=O)O)cc1. The van der Waals surface area contributed by atoms with Crippen molar-refractivity contribution in [2.75, 3.05) is 19.7 Å². The molecule has 2 N–H and O–H groups in total. The summed E-state index contributed by atoms with van der Waals surface area (Å²) < 4.78 is 48.9. The second-order valence-corrected chi connectivity index (χ2v) is 11.9. The molecule has 3 heterocycles. The van der Waals surface area contributed by atoms with E-state index in [4.69, 9.17) is 4.74 Å². The molecular formula is C27H32FN5O5S. The first-order valence-electron chi connectivity index (χ1n) is 13.0. The lowest BCUT2D eigenvalue weighted by molar-refractivity contribution is -0.138. The van der Waals surface area contributed by atoms with E-state index in [0.29, 0.717) is 31.6 Å². The number of rotatable bonds is 9. The summed E-state index contributed by atoms with van der Waals surface area (Å²) in [5.74, 6) is -0.546. The zero-order chi connectivity index (χ0) is 27.6.